The fraction of sp³-hybridized carbons (Fsp3) is 0.500. The SMILES string of the molecule is COC(=O)[C@H]1O[C@@H](Oc2ccc3c(c2O)-c2cccc4c2[C@@H](C3)N(C)CC4)[C@H](OC(C)=O)[C@@H](C)[C@@H]1C. The first-order valence-corrected chi connectivity index (χ1v) is 12.5. The Morgan fingerprint density at radius 1 is 1.11 bits per heavy atom. The summed E-state index contributed by atoms with van der Waals surface area (Å²) in [7, 11) is 3.44. The fourth-order valence-electron chi connectivity index (χ4n) is 5.89. The number of likely N-dealkylation sites (N-methyl/N-ethyl adjacent to an activating group) is 1. The summed E-state index contributed by atoms with van der Waals surface area (Å²) in [5.74, 6) is -1.31. The van der Waals surface area contributed by atoms with Gasteiger partial charge in [-0.25, -0.2) is 4.79 Å². The maximum atomic E-state index is 12.4. The van der Waals surface area contributed by atoms with Gasteiger partial charge in [0.2, 0.25) is 6.29 Å². The molecule has 0 unspecified atom stereocenters. The number of phenolic OH excluding ortho intramolecular Hbond substituents is 1. The number of nitrogens with zero attached hydrogens (tertiary/aromatic N) is 1. The van der Waals surface area contributed by atoms with E-state index < -0.39 is 30.4 Å². The van der Waals surface area contributed by atoms with Gasteiger partial charge in [0.05, 0.1) is 7.11 Å². The van der Waals surface area contributed by atoms with Gasteiger partial charge in [-0.3, -0.25) is 9.69 Å². The third-order valence-corrected chi connectivity index (χ3v) is 8.06. The third kappa shape index (κ3) is 4.02. The Kier molecular flexibility index (Phi) is 6.43. The van der Waals surface area contributed by atoms with Crippen molar-refractivity contribution in [3.05, 3.63) is 47.0 Å². The Morgan fingerprint density at radius 3 is 2.61 bits per heavy atom. The van der Waals surface area contributed by atoms with Gasteiger partial charge >= 0.3 is 11.9 Å². The zero-order valence-electron chi connectivity index (χ0n) is 21.3. The first-order valence-electron chi connectivity index (χ1n) is 12.5. The van der Waals surface area contributed by atoms with Crippen LogP contribution >= 0.6 is 0 Å². The van der Waals surface area contributed by atoms with Crippen LogP contribution in [0.25, 0.3) is 11.1 Å². The molecule has 1 N–H and O–H groups in total. The number of phenols is 1. The Hall–Kier alpha value is -3.10. The Morgan fingerprint density at radius 2 is 1.89 bits per heavy atom. The molecule has 5 rings (SSSR count). The van der Waals surface area contributed by atoms with Gasteiger partial charge in [0.1, 0.15) is 0 Å². The summed E-state index contributed by atoms with van der Waals surface area (Å²) in [6, 6.07) is 10.2. The Labute approximate surface area is 211 Å². The van der Waals surface area contributed by atoms with Crippen molar-refractivity contribution in [1.82, 2.24) is 4.90 Å². The lowest BCUT2D eigenvalue weighted by Crippen LogP contribution is -2.55. The molecule has 192 valence electrons. The van der Waals surface area contributed by atoms with Gasteiger partial charge in [0, 0.05) is 31.0 Å². The van der Waals surface area contributed by atoms with Crippen LogP contribution in [0, 0.1) is 11.8 Å². The quantitative estimate of drug-likeness (QED) is 0.643. The molecule has 8 heteroatoms. The zero-order chi connectivity index (χ0) is 25.7. The lowest BCUT2D eigenvalue weighted by molar-refractivity contribution is -0.249. The molecule has 0 amide bonds. The summed E-state index contributed by atoms with van der Waals surface area (Å²) in [4.78, 5) is 26.6. The minimum absolute atomic E-state index is 0.0126. The molecular weight excluding hydrogens is 462 g/mol. The van der Waals surface area contributed by atoms with Crippen LogP contribution in [0.1, 0.15) is 43.5 Å². The van der Waals surface area contributed by atoms with Gasteiger partial charge in [0.15, 0.2) is 23.7 Å². The molecule has 2 heterocycles. The predicted molar refractivity (Wildman–Crippen MR) is 132 cm³/mol. The van der Waals surface area contributed by atoms with Crippen LogP contribution in [-0.2, 0) is 36.6 Å². The van der Waals surface area contributed by atoms with Crippen LogP contribution in [0.4, 0.5) is 0 Å². The summed E-state index contributed by atoms with van der Waals surface area (Å²) >= 11 is 0. The fourth-order valence-corrected chi connectivity index (χ4v) is 5.89. The van der Waals surface area contributed by atoms with E-state index >= 15 is 0 Å². The Bertz CT molecular complexity index is 1190. The maximum Gasteiger partial charge on any atom is 0.335 e. The van der Waals surface area contributed by atoms with E-state index in [1.165, 1.54) is 25.2 Å². The number of fused-ring (bicyclic) bond motifs is 2. The molecule has 8 nitrogen and oxygen atoms in total. The highest BCUT2D eigenvalue weighted by Crippen LogP contribution is 2.50. The first-order chi connectivity index (χ1) is 17.2. The molecule has 0 spiro atoms. The lowest BCUT2D eigenvalue weighted by Gasteiger charge is -2.42. The van der Waals surface area contributed by atoms with Crippen molar-refractivity contribution in [2.24, 2.45) is 11.8 Å². The number of rotatable bonds is 4. The van der Waals surface area contributed by atoms with E-state index in [-0.39, 0.29) is 29.4 Å². The maximum absolute atomic E-state index is 12.4. The van der Waals surface area contributed by atoms with Crippen LogP contribution in [-0.4, -0.2) is 61.1 Å². The van der Waals surface area contributed by atoms with Gasteiger partial charge in [-0.2, -0.15) is 0 Å². The smallest absolute Gasteiger partial charge is 0.335 e. The van der Waals surface area contributed by atoms with Crippen LogP contribution in [0.15, 0.2) is 30.3 Å². The van der Waals surface area contributed by atoms with Gasteiger partial charge in [0.25, 0.3) is 0 Å². The van der Waals surface area contributed by atoms with E-state index in [1.54, 1.807) is 6.07 Å². The van der Waals surface area contributed by atoms with Crippen molar-refractivity contribution in [2.45, 2.75) is 58.2 Å². The standard InChI is InChI=1S/C28H33NO7/c1-14-15(2)26(34-16(3)30)28(36-25(14)27(32)33-5)35-21-10-9-18-13-20-22-17(11-12-29(20)4)7-6-8-19(22)23(18)24(21)31/h6-10,14-15,20,25-26,28,31H,11-13H2,1-5H3/t14-,15-,20+,25-,26+,28+/m0/s1. The number of ether oxygens (including phenoxy) is 4. The van der Waals surface area contributed by atoms with Crippen LogP contribution in [0.2, 0.25) is 0 Å². The number of hydrogen-bond acceptors (Lipinski definition) is 8. The number of aromatic hydroxyl groups is 1. The van der Waals surface area contributed by atoms with Gasteiger partial charge in [-0.05, 0) is 54.1 Å². The number of methoxy groups -OCH3 is 1. The molecule has 1 saturated heterocycles. The lowest BCUT2D eigenvalue weighted by atomic mass is 9.77. The molecule has 0 radical (unpaired) electrons. The van der Waals surface area contributed by atoms with Crippen LogP contribution in [0.3, 0.4) is 0 Å². The first kappa shape index (κ1) is 24.6. The average Bonchev–Trinajstić information content (AvgIpc) is 2.86. The summed E-state index contributed by atoms with van der Waals surface area (Å²) in [5.41, 5.74) is 5.36. The minimum atomic E-state index is -1.10. The number of hydrogen-bond donors (Lipinski definition) is 1. The monoisotopic (exact) mass is 495 g/mol. The van der Waals surface area contributed by atoms with Gasteiger partial charge in [-0.15, -0.1) is 0 Å². The van der Waals surface area contributed by atoms with Crippen molar-refractivity contribution in [3.8, 4) is 22.6 Å². The molecular formula is C28H33NO7. The van der Waals surface area contributed by atoms with Crippen molar-refractivity contribution < 1.29 is 33.6 Å². The zero-order valence-corrected chi connectivity index (χ0v) is 21.3. The van der Waals surface area contributed by atoms with E-state index in [9.17, 15) is 14.7 Å². The number of carbonyl (C=O) groups excluding carboxylic acids is 2. The topological polar surface area (TPSA) is 94.5 Å². The van der Waals surface area contributed by atoms with E-state index in [0.29, 0.717) is 0 Å². The second kappa shape index (κ2) is 9.41. The molecule has 36 heavy (non-hydrogen) atoms. The summed E-state index contributed by atoms with van der Waals surface area (Å²) < 4.78 is 22.7. The molecule has 0 aromatic heterocycles. The van der Waals surface area contributed by atoms with E-state index in [1.807, 2.05) is 32.0 Å². The highest BCUT2D eigenvalue weighted by atomic mass is 16.7. The second-order valence-electron chi connectivity index (χ2n) is 10.1. The van der Waals surface area contributed by atoms with E-state index in [2.05, 4.69) is 18.0 Å². The molecule has 2 aromatic rings. The normalized spacial score (nSPS) is 29.0. The Balaban J connectivity index is 1.53. The minimum Gasteiger partial charge on any atom is -0.504 e. The van der Waals surface area contributed by atoms with Crippen molar-refractivity contribution in [3.63, 3.8) is 0 Å². The molecule has 0 bridgehead atoms. The molecule has 1 fully saturated rings. The molecule has 2 aromatic carbocycles. The third-order valence-electron chi connectivity index (χ3n) is 8.06. The van der Waals surface area contributed by atoms with Crippen LogP contribution < -0.4 is 4.74 Å². The highest BCUT2D eigenvalue weighted by Gasteiger charge is 2.48. The molecule has 3 aliphatic rings. The highest BCUT2D eigenvalue weighted by molar-refractivity contribution is 5.82. The van der Waals surface area contributed by atoms with Gasteiger partial charge < -0.3 is 24.1 Å². The van der Waals surface area contributed by atoms with Crippen molar-refractivity contribution in [2.75, 3.05) is 20.7 Å². The largest absolute Gasteiger partial charge is 0.504 e. The molecule has 2 aliphatic heterocycles. The predicted octanol–water partition coefficient (Wildman–Crippen LogP) is 3.62. The number of carbonyl (C=O) groups is 2. The van der Waals surface area contributed by atoms with Crippen molar-refractivity contribution >= 4 is 11.9 Å². The summed E-state index contributed by atoms with van der Waals surface area (Å²) in [6.45, 7) is 6.05. The summed E-state index contributed by atoms with van der Waals surface area (Å²) in [5, 5.41) is 11.5. The number of benzene rings is 2. The molecule has 1 aliphatic carbocycles. The number of esters is 2. The van der Waals surface area contributed by atoms with E-state index in [0.717, 1.165) is 36.1 Å². The van der Waals surface area contributed by atoms with E-state index in [4.69, 9.17) is 18.9 Å². The summed E-state index contributed by atoms with van der Waals surface area (Å²) in [6.07, 6.45) is -0.998. The second-order valence-corrected chi connectivity index (χ2v) is 10.1. The van der Waals surface area contributed by atoms with Crippen LogP contribution in [0.5, 0.6) is 11.5 Å². The van der Waals surface area contributed by atoms with Crippen molar-refractivity contribution in [1.29, 1.82) is 0 Å². The molecule has 6 atom stereocenters. The van der Waals surface area contributed by atoms with Gasteiger partial charge in [-0.1, -0.05) is 38.1 Å². The molecule has 0 saturated carbocycles. The average molecular weight is 496 g/mol.